The van der Waals surface area contributed by atoms with Crippen LogP contribution in [0.25, 0.3) is 10.1 Å². The van der Waals surface area contributed by atoms with Crippen LogP contribution in [-0.4, -0.2) is 5.91 Å². The molecule has 4 nitrogen and oxygen atoms in total. The smallest absolute Gasteiger partial charge is 0.265 e. The Bertz CT molecular complexity index is 844. The van der Waals surface area contributed by atoms with Gasteiger partial charge in [0.15, 0.2) is 0 Å². The summed E-state index contributed by atoms with van der Waals surface area (Å²) >= 11 is 1.43. The second-order valence-corrected chi connectivity index (χ2v) is 5.60. The number of anilines is 2. The van der Waals surface area contributed by atoms with Gasteiger partial charge in [-0.25, -0.2) is 0 Å². The van der Waals surface area contributed by atoms with Gasteiger partial charge in [-0.05, 0) is 35.7 Å². The van der Waals surface area contributed by atoms with E-state index in [9.17, 15) is 4.79 Å². The van der Waals surface area contributed by atoms with Gasteiger partial charge < -0.3 is 11.1 Å². The van der Waals surface area contributed by atoms with E-state index in [4.69, 9.17) is 11.0 Å². The zero-order valence-electron chi connectivity index (χ0n) is 11.0. The maximum atomic E-state index is 12.3. The first-order valence-electron chi connectivity index (χ1n) is 6.27. The number of amides is 1. The molecule has 0 atom stereocenters. The van der Waals surface area contributed by atoms with Gasteiger partial charge in [0.25, 0.3) is 5.91 Å². The molecular formula is C16H11N3OS. The first-order valence-corrected chi connectivity index (χ1v) is 7.08. The number of fused-ring (bicyclic) bond motifs is 1. The van der Waals surface area contributed by atoms with Crippen molar-refractivity contribution in [3.05, 3.63) is 59.0 Å². The van der Waals surface area contributed by atoms with Crippen molar-refractivity contribution in [3.63, 3.8) is 0 Å². The molecule has 1 aromatic heterocycles. The van der Waals surface area contributed by atoms with Crippen LogP contribution in [0.5, 0.6) is 0 Å². The molecule has 0 radical (unpaired) electrons. The van der Waals surface area contributed by atoms with Gasteiger partial charge in [-0.1, -0.05) is 18.2 Å². The van der Waals surface area contributed by atoms with Crippen molar-refractivity contribution in [1.82, 2.24) is 0 Å². The molecule has 0 bridgehead atoms. The number of nitrogen functional groups attached to an aromatic ring is 1. The lowest BCUT2D eigenvalue weighted by Crippen LogP contribution is -2.11. The third kappa shape index (κ3) is 2.57. The highest BCUT2D eigenvalue weighted by Gasteiger charge is 2.11. The van der Waals surface area contributed by atoms with Gasteiger partial charge in [-0.15, -0.1) is 11.3 Å². The Morgan fingerprint density at radius 2 is 2.00 bits per heavy atom. The number of nitriles is 1. The van der Waals surface area contributed by atoms with Crippen LogP contribution in [0, 0.1) is 11.3 Å². The van der Waals surface area contributed by atoms with E-state index in [1.165, 1.54) is 11.3 Å². The minimum atomic E-state index is -0.201. The van der Waals surface area contributed by atoms with E-state index in [2.05, 4.69) is 5.32 Å². The number of benzene rings is 2. The number of thiophene rings is 1. The number of rotatable bonds is 2. The Kier molecular flexibility index (Phi) is 3.30. The molecule has 0 aliphatic carbocycles. The molecule has 0 saturated carbocycles. The topological polar surface area (TPSA) is 78.9 Å². The Labute approximate surface area is 125 Å². The minimum absolute atomic E-state index is 0.201. The molecule has 5 heteroatoms. The molecule has 0 fully saturated rings. The molecule has 0 unspecified atom stereocenters. The first-order chi connectivity index (χ1) is 10.2. The third-order valence-electron chi connectivity index (χ3n) is 3.08. The van der Waals surface area contributed by atoms with Crippen LogP contribution in [0.15, 0.2) is 48.5 Å². The maximum Gasteiger partial charge on any atom is 0.265 e. The fourth-order valence-corrected chi connectivity index (χ4v) is 2.98. The quantitative estimate of drug-likeness (QED) is 0.708. The van der Waals surface area contributed by atoms with E-state index in [0.29, 0.717) is 21.8 Å². The lowest BCUT2D eigenvalue weighted by atomic mass is 10.2. The monoisotopic (exact) mass is 293 g/mol. The number of hydrogen-bond donors (Lipinski definition) is 2. The van der Waals surface area contributed by atoms with Gasteiger partial charge in [0, 0.05) is 4.70 Å². The summed E-state index contributed by atoms with van der Waals surface area (Å²) in [5.74, 6) is -0.201. The van der Waals surface area contributed by atoms with E-state index in [1.54, 1.807) is 18.2 Å². The standard InChI is InChI=1S/C16H11N3OS/c17-9-10-5-6-13(12(18)7-10)19-16(20)15-8-11-3-1-2-4-14(11)21-15/h1-8H,18H2,(H,19,20). The van der Waals surface area contributed by atoms with Crippen molar-refractivity contribution in [1.29, 1.82) is 5.26 Å². The van der Waals surface area contributed by atoms with Gasteiger partial charge in [-0.3, -0.25) is 4.79 Å². The molecule has 0 saturated heterocycles. The number of nitrogens with zero attached hydrogens (tertiary/aromatic N) is 1. The van der Waals surface area contributed by atoms with Crippen LogP contribution >= 0.6 is 11.3 Å². The number of carbonyl (C=O) groups is 1. The maximum absolute atomic E-state index is 12.3. The van der Waals surface area contributed by atoms with Gasteiger partial charge >= 0.3 is 0 Å². The summed E-state index contributed by atoms with van der Waals surface area (Å²) in [6.45, 7) is 0. The molecule has 3 aromatic rings. The minimum Gasteiger partial charge on any atom is -0.397 e. The van der Waals surface area contributed by atoms with Crippen molar-refractivity contribution in [2.24, 2.45) is 0 Å². The fraction of sp³-hybridized carbons (Fsp3) is 0. The Morgan fingerprint density at radius 1 is 1.19 bits per heavy atom. The van der Waals surface area contributed by atoms with Crippen molar-refractivity contribution >= 4 is 38.7 Å². The van der Waals surface area contributed by atoms with Gasteiger partial charge in [0.05, 0.1) is 27.9 Å². The normalized spacial score (nSPS) is 10.2. The Morgan fingerprint density at radius 3 is 2.71 bits per heavy atom. The van der Waals surface area contributed by atoms with Crippen LogP contribution in [0.4, 0.5) is 11.4 Å². The SMILES string of the molecule is N#Cc1ccc(NC(=O)c2cc3ccccc3s2)c(N)c1. The third-order valence-corrected chi connectivity index (χ3v) is 4.19. The Hall–Kier alpha value is -2.84. The second kappa shape index (κ2) is 5.27. The second-order valence-electron chi connectivity index (χ2n) is 4.52. The molecule has 3 rings (SSSR count). The van der Waals surface area contributed by atoms with E-state index in [0.717, 1.165) is 10.1 Å². The van der Waals surface area contributed by atoms with Crippen LogP contribution in [0.3, 0.4) is 0 Å². The average Bonchev–Trinajstić information content (AvgIpc) is 2.93. The van der Waals surface area contributed by atoms with Crippen molar-refractivity contribution in [3.8, 4) is 6.07 Å². The molecule has 1 amide bonds. The lowest BCUT2D eigenvalue weighted by molar-refractivity contribution is 0.103. The highest BCUT2D eigenvalue weighted by atomic mass is 32.1. The summed E-state index contributed by atoms with van der Waals surface area (Å²) in [5.41, 5.74) is 7.19. The zero-order chi connectivity index (χ0) is 14.8. The molecule has 2 aromatic carbocycles. The summed E-state index contributed by atoms with van der Waals surface area (Å²) in [6, 6.07) is 16.5. The van der Waals surface area contributed by atoms with Gasteiger partial charge in [0.1, 0.15) is 0 Å². The molecular weight excluding hydrogens is 282 g/mol. The summed E-state index contributed by atoms with van der Waals surface area (Å²) < 4.78 is 1.07. The molecule has 0 aliphatic heterocycles. The fourth-order valence-electron chi connectivity index (χ4n) is 2.02. The highest BCUT2D eigenvalue weighted by molar-refractivity contribution is 7.20. The van der Waals surface area contributed by atoms with Crippen molar-refractivity contribution < 1.29 is 4.79 Å². The number of carbonyl (C=O) groups excluding carboxylic acids is 1. The summed E-state index contributed by atoms with van der Waals surface area (Å²) in [6.07, 6.45) is 0. The number of nitrogens with one attached hydrogen (secondary N) is 1. The number of hydrogen-bond acceptors (Lipinski definition) is 4. The van der Waals surface area contributed by atoms with Crippen LogP contribution in [0.1, 0.15) is 15.2 Å². The van der Waals surface area contributed by atoms with E-state index >= 15 is 0 Å². The largest absolute Gasteiger partial charge is 0.397 e. The summed E-state index contributed by atoms with van der Waals surface area (Å²) in [5, 5.41) is 12.6. The molecule has 1 heterocycles. The predicted octanol–water partition coefficient (Wildman–Crippen LogP) is 3.61. The first kappa shape index (κ1) is 13.2. The zero-order valence-corrected chi connectivity index (χ0v) is 11.8. The van der Waals surface area contributed by atoms with Crippen molar-refractivity contribution in [2.75, 3.05) is 11.1 Å². The Balaban J connectivity index is 1.88. The summed E-state index contributed by atoms with van der Waals surface area (Å²) in [7, 11) is 0. The average molecular weight is 293 g/mol. The predicted molar refractivity (Wildman–Crippen MR) is 85.3 cm³/mol. The van der Waals surface area contributed by atoms with Crippen LogP contribution < -0.4 is 11.1 Å². The molecule has 102 valence electrons. The van der Waals surface area contributed by atoms with Crippen LogP contribution in [0.2, 0.25) is 0 Å². The number of nitrogens with two attached hydrogens (primary N) is 1. The van der Waals surface area contributed by atoms with E-state index < -0.39 is 0 Å². The van der Waals surface area contributed by atoms with Crippen LogP contribution in [-0.2, 0) is 0 Å². The van der Waals surface area contributed by atoms with Crippen molar-refractivity contribution in [2.45, 2.75) is 0 Å². The van der Waals surface area contributed by atoms with Gasteiger partial charge in [0.2, 0.25) is 0 Å². The summed E-state index contributed by atoms with van der Waals surface area (Å²) in [4.78, 5) is 12.9. The van der Waals surface area contributed by atoms with Gasteiger partial charge in [-0.2, -0.15) is 5.26 Å². The van der Waals surface area contributed by atoms with E-state index in [-0.39, 0.29) is 5.91 Å². The molecule has 3 N–H and O–H groups in total. The lowest BCUT2D eigenvalue weighted by Gasteiger charge is -2.07. The van der Waals surface area contributed by atoms with E-state index in [1.807, 2.05) is 36.4 Å². The highest BCUT2D eigenvalue weighted by Crippen LogP contribution is 2.27. The molecule has 21 heavy (non-hydrogen) atoms. The molecule has 0 aliphatic rings. The molecule has 0 spiro atoms.